The molecule has 0 fully saturated rings. The number of hydrogen-bond donors (Lipinski definition) is 2. The molecule has 4 N–H and O–H groups in total. The number of benzene rings is 4. The Bertz CT molecular complexity index is 941. The number of ether oxygens (including phenoxy) is 1. The standard InChI is InChI=1S/C20H16N2O/c21-17-11-9-13-5-1-3-7-15(13)19(17)23-20-16-8-4-2-6-14(16)10-12-18(20)22/h1-12H,21-22H2. The molecule has 23 heavy (non-hydrogen) atoms. The average molecular weight is 300 g/mol. The van der Waals surface area contributed by atoms with Crippen LogP contribution in [0, 0.1) is 0 Å². The number of nitrogens with two attached hydrogens (primary N) is 2. The fourth-order valence-electron chi connectivity index (χ4n) is 2.85. The predicted molar refractivity (Wildman–Crippen MR) is 96.8 cm³/mol. The molecule has 3 heteroatoms. The van der Waals surface area contributed by atoms with Crippen molar-refractivity contribution in [3.05, 3.63) is 72.8 Å². The van der Waals surface area contributed by atoms with Crippen LogP contribution in [0.1, 0.15) is 0 Å². The third-order valence-electron chi connectivity index (χ3n) is 4.02. The summed E-state index contributed by atoms with van der Waals surface area (Å²) >= 11 is 0. The number of hydrogen-bond acceptors (Lipinski definition) is 3. The Labute approximate surface area is 134 Å². The lowest BCUT2D eigenvalue weighted by Crippen LogP contribution is -1.97. The third-order valence-corrected chi connectivity index (χ3v) is 4.02. The molecule has 0 saturated carbocycles. The molecule has 0 heterocycles. The zero-order chi connectivity index (χ0) is 15.8. The number of fused-ring (bicyclic) bond motifs is 2. The Hall–Kier alpha value is -3.20. The van der Waals surface area contributed by atoms with Gasteiger partial charge in [-0.2, -0.15) is 0 Å². The second-order valence-corrected chi connectivity index (χ2v) is 5.51. The number of anilines is 2. The molecule has 4 rings (SSSR count). The fraction of sp³-hybridized carbons (Fsp3) is 0. The summed E-state index contributed by atoms with van der Waals surface area (Å²) in [5, 5.41) is 4.10. The Morgan fingerprint density at radius 3 is 1.43 bits per heavy atom. The van der Waals surface area contributed by atoms with E-state index in [0.717, 1.165) is 21.5 Å². The number of rotatable bonds is 2. The maximum Gasteiger partial charge on any atom is 0.158 e. The first-order chi connectivity index (χ1) is 11.2. The highest BCUT2D eigenvalue weighted by molar-refractivity contribution is 5.96. The quantitative estimate of drug-likeness (QED) is 0.515. The van der Waals surface area contributed by atoms with Crippen LogP contribution < -0.4 is 16.2 Å². The Morgan fingerprint density at radius 2 is 0.957 bits per heavy atom. The van der Waals surface area contributed by atoms with Gasteiger partial charge in [-0.05, 0) is 22.9 Å². The summed E-state index contributed by atoms with van der Waals surface area (Å²) in [5.41, 5.74) is 13.5. The molecule has 0 spiro atoms. The van der Waals surface area contributed by atoms with Crippen LogP contribution in [0.4, 0.5) is 11.4 Å². The maximum absolute atomic E-state index is 6.22. The van der Waals surface area contributed by atoms with Crippen LogP contribution in [-0.2, 0) is 0 Å². The molecule has 0 aliphatic rings. The molecule has 4 aromatic rings. The highest BCUT2D eigenvalue weighted by Gasteiger charge is 2.12. The SMILES string of the molecule is Nc1ccc2ccccc2c1Oc1c(N)ccc2ccccc12. The van der Waals surface area contributed by atoms with Crippen LogP contribution in [0.3, 0.4) is 0 Å². The van der Waals surface area contributed by atoms with Gasteiger partial charge in [0, 0.05) is 10.8 Å². The van der Waals surface area contributed by atoms with E-state index in [-0.39, 0.29) is 0 Å². The minimum Gasteiger partial charge on any atom is -0.452 e. The largest absolute Gasteiger partial charge is 0.452 e. The fourth-order valence-corrected chi connectivity index (χ4v) is 2.85. The van der Waals surface area contributed by atoms with Gasteiger partial charge in [-0.25, -0.2) is 0 Å². The van der Waals surface area contributed by atoms with Crippen molar-refractivity contribution in [3.63, 3.8) is 0 Å². The van der Waals surface area contributed by atoms with Gasteiger partial charge < -0.3 is 16.2 Å². The minimum atomic E-state index is 0.594. The molecule has 0 radical (unpaired) electrons. The molecule has 0 aliphatic heterocycles. The topological polar surface area (TPSA) is 61.3 Å². The predicted octanol–water partition coefficient (Wildman–Crippen LogP) is 4.95. The second kappa shape index (κ2) is 5.21. The first-order valence-electron chi connectivity index (χ1n) is 7.46. The van der Waals surface area contributed by atoms with E-state index in [1.54, 1.807) is 0 Å². The van der Waals surface area contributed by atoms with Gasteiger partial charge in [-0.1, -0.05) is 60.7 Å². The van der Waals surface area contributed by atoms with Gasteiger partial charge in [0.2, 0.25) is 0 Å². The Kier molecular flexibility index (Phi) is 3.05. The van der Waals surface area contributed by atoms with Gasteiger partial charge in [0.05, 0.1) is 11.4 Å². The smallest absolute Gasteiger partial charge is 0.158 e. The normalized spacial score (nSPS) is 11.0. The van der Waals surface area contributed by atoms with Crippen molar-refractivity contribution in [1.29, 1.82) is 0 Å². The van der Waals surface area contributed by atoms with E-state index < -0.39 is 0 Å². The molecule has 0 amide bonds. The molecule has 0 bridgehead atoms. The lowest BCUT2D eigenvalue weighted by Gasteiger charge is -2.15. The minimum absolute atomic E-state index is 0.594. The van der Waals surface area contributed by atoms with Gasteiger partial charge in [-0.15, -0.1) is 0 Å². The molecule has 0 saturated heterocycles. The van der Waals surface area contributed by atoms with Gasteiger partial charge >= 0.3 is 0 Å². The zero-order valence-corrected chi connectivity index (χ0v) is 12.5. The van der Waals surface area contributed by atoms with Crippen LogP contribution in [0.15, 0.2) is 72.8 Å². The van der Waals surface area contributed by atoms with Crippen LogP contribution >= 0.6 is 0 Å². The summed E-state index contributed by atoms with van der Waals surface area (Å²) < 4.78 is 6.22. The van der Waals surface area contributed by atoms with E-state index in [1.165, 1.54) is 0 Å². The van der Waals surface area contributed by atoms with Crippen molar-refractivity contribution >= 4 is 32.9 Å². The van der Waals surface area contributed by atoms with E-state index in [4.69, 9.17) is 16.2 Å². The van der Waals surface area contributed by atoms with Crippen molar-refractivity contribution in [2.75, 3.05) is 11.5 Å². The van der Waals surface area contributed by atoms with Crippen molar-refractivity contribution in [2.45, 2.75) is 0 Å². The first-order valence-corrected chi connectivity index (χ1v) is 7.46. The molecule has 0 aliphatic carbocycles. The summed E-state index contributed by atoms with van der Waals surface area (Å²) in [7, 11) is 0. The first kappa shape index (κ1) is 13.5. The molecule has 3 nitrogen and oxygen atoms in total. The highest BCUT2D eigenvalue weighted by atomic mass is 16.5. The molecule has 0 aromatic heterocycles. The van der Waals surface area contributed by atoms with E-state index in [1.807, 2.05) is 72.8 Å². The van der Waals surface area contributed by atoms with Gasteiger partial charge in [-0.3, -0.25) is 0 Å². The van der Waals surface area contributed by atoms with Gasteiger partial charge in [0.1, 0.15) is 0 Å². The summed E-state index contributed by atoms with van der Waals surface area (Å²) in [6, 6.07) is 23.7. The van der Waals surface area contributed by atoms with E-state index in [9.17, 15) is 0 Å². The van der Waals surface area contributed by atoms with E-state index in [0.29, 0.717) is 22.9 Å². The van der Waals surface area contributed by atoms with E-state index in [2.05, 4.69) is 0 Å². The highest BCUT2D eigenvalue weighted by Crippen LogP contribution is 2.40. The maximum atomic E-state index is 6.22. The van der Waals surface area contributed by atoms with Crippen molar-refractivity contribution in [3.8, 4) is 11.5 Å². The molecular formula is C20H16N2O. The van der Waals surface area contributed by atoms with Crippen LogP contribution in [0.5, 0.6) is 11.5 Å². The molecule has 4 aromatic carbocycles. The zero-order valence-electron chi connectivity index (χ0n) is 12.5. The second-order valence-electron chi connectivity index (χ2n) is 5.51. The lowest BCUT2D eigenvalue weighted by atomic mass is 10.1. The van der Waals surface area contributed by atoms with Crippen LogP contribution in [0.25, 0.3) is 21.5 Å². The van der Waals surface area contributed by atoms with Crippen molar-refractivity contribution < 1.29 is 4.74 Å². The molecule has 112 valence electrons. The third kappa shape index (κ3) is 2.23. The molecule has 0 unspecified atom stereocenters. The summed E-state index contributed by atoms with van der Waals surface area (Å²) in [6.07, 6.45) is 0. The summed E-state index contributed by atoms with van der Waals surface area (Å²) in [4.78, 5) is 0. The summed E-state index contributed by atoms with van der Waals surface area (Å²) in [5.74, 6) is 1.29. The number of nitrogen functional groups attached to an aromatic ring is 2. The van der Waals surface area contributed by atoms with Crippen molar-refractivity contribution in [1.82, 2.24) is 0 Å². The van der Waals surface area contributed by atoms with Crippen molar-refractivity contribution in [2.24, 2.45) is 0 Å². The van der Waals surface area contributed by atoms with Crippen LogP contribution in [-0.4, -0.2) is 0 Å². The summed E-state index contributed by atoms with van der Waals surface area (Å²) in [6.45, 7) is 0. The average Bonchev–Trinajstić information content (AvgIpc) is 2.59. The Morgan fingerprint density at radius 1 is 0.522 bits per heavy atom. The van der Waals surface area contributed by atoms with Gasteiger partial charge in [0.15, 0.2) is 11.5 Å². The lowest BCUT2D eigenvalue weighted by molar-refractivity contribution is 0.499. The monoisotopic (exact) mass is 300 g/mol. The van der Waals surface area contributed by atoms with Gasteiger partial charge in [0.25, 0.3) is 0 Å². The van der Waals surface area contributed by atoms with E-state index >= 15 is 0 Å². The Balaban J connectivity index is 1.95. The molecular weight excluding hydrogens is 284 g/mol. The molecule has 0 atom stereocenters. The van der Waals surface area contributed by atoms with Crippen LogP contribution in [0.2, 0.25) is 0 Å².